The summed E-state index contributed by atoms with van der Waals surface area (Å²) >= 11 is 6.76. The number of primary amides is 1. The van der Waals surface area contributed by atoms with Gasteiger partial charge in [0.05, 0.1) is 4.47 Å². The molecule has 0 spiro atoms. The average Bonchev–Trinajstić information content (AvgIpc) is 3.18. The zero-order valence-corrected chi connectivity index (χ0v) is 31.6. The van der Waals surface area contributed by atoms with Gasteiger partial charge < -0.3 is 19.9 Å². The Balaban J connectivity index is 0.000000208. The van der Waals surface area contributed by atoms with E-state index in [1.807, 2.05) is 48.5 Å². The van der Waals surface area contributed by atoms with Crippen molar-refractivity contribution in [1.29, 1.82) is 0 Å². The maximum Gasteiger partial charge on any atom is 0.293 e. The molecule has 14 heteroatoms. The van der Waals surface area contributed by atoms with Gasteiger partial charge in [0.15, 0.2) is 11.4 Å². The summed E-state index contributed by atoms with van der Waals surface area (Å²) in [6.07, 6.45) is 2.98. The highest BCUT2D eigenvalue weighted by atomic mass is 79.9. The number of hydrogen-bond acceptors (Lipinski definition) is 8. The molecule has 4 aromatic carbocycles. The highest BCUT2D eigenvalue weighted by molar-refractivity contribution is 9.10. The predicted molar refractivity (Wildman–Crippen MR) is 206 cm³/mol. The van der Waals surface area contributed by atoms with Crippen LogP contribution in [0.5, 0.6) is 17.2 Å². The van der Waals surface area contributed by atoms with E-state index in [9.17, 15) is 18.4 Å². The van der Waals surface area contributed by atoms with Gasteiger partial charge in [0.25, 0.3) is 11.8 Å². The standard InChI is InChI=1S/2C20H16BrFN2O3/c21-14-2-1-3-16(12-14)26-10-11-27-19-17(8-9-24-18(19)20(23)25)13-4-6-15(22)7-5-13;21-17-3-1-2-4-19(17)26-11-12-27-24-20(25)18-13-15(9-10-23-18)14-5-7-16(22)8-6-14/h1-9,12H,10-11H2,(H2,23,25);1-10,13H,11-12H2,(H,24,25). The van der Waals surface area contributed by atoms with E-state index in [-0.39, 0.29) is 55.2 Å². The predicted octanol–water partition coefficient (Wildman–Crippen LogP) is 8.60. The summed E-state index contributed by atoms with van der Waals surface area (Å²) in [4.78, 5) is 37.1. The maximum absolute atomic E-state index is 13.2. The van der Waals surface area contributed by atoms with Gasteiger partial charge in [-0.05, 0) is 105 Å². The van der Waals surface area contributed by atoms with Crippen LogP contribution in [0.15, 0.2) is 137 Å². The molecule has 0 atom stereocenters. The molecule has 0 unspecified atom stereocenters. The SMILES string of the molecule is NC(=O)c1nccc(-c2ccc(F)cc2)c1OCCOc1cccc(Br)c1.O=C(NOCCOc1ccccc1Br)c1cc(-c2ccc(F)cc2)ccn1. The molecule has 2 aromatic heterocycles. The van der Waals surface area contributed by atoms with Crippen LogP contribution >= 0.6 is 31.9 Å². The van der Waals surface area contributed by atoms with Crippen LogP contribution in [0.3, 0.4) is 0 Å². The van der Waals surface area contributed by atoms with E-state index in [4.69, 9.17) is 24.8 Å². The molecule has 0 saturated carbocycles. The molecule has 54 heavy (non-hydrogen) atoms. The second-order valence-electron chi connectivity index (χ2n) is 11.1. The third-order valence-corrected chi connectivity index (χ3v) is 8.45. The number of benzene rings is 4. The Bertz CT molecular complexity index is 2180. The fourth-order valence-electron chi connectivity index (χ4n) is 4.79. The quantitative estimate of drug-likeness (QED) is 0.0822. The number of halogens is 4. The van der Waals surface area contributed by atoms with Gasteiger partial charge in [-0.15, -0.1) is 0 Å². The fraction of sp³-hybridized carbons (Fsp3) is 0.100. The van der Waals surface area contributed by atoms with Crippen molar-refractivity contribution in [3.8, 4) is 39.5 Å². The van der Waals surface area contributed by atoms with E-state index in [1.54, 1.807) is 42.5 Å². The Morgan fingerprint density at radius 1 is 0.667 bits per heavy atom. The van der Waals surface area contributed by atoms with Gasteiger partial charge in [-0.3, -0.25) is 19.4 Å². The maximum atomic E-state index is 13.2. The summed E-state index contributed by atoms with van der Waals surface area (Å²) in [5.74, 6) is -0.220. The molecule has 0 fully saturated rings. The van der Waals surface area contributed by atoms with Gasteiger partial charge in [-0.2, -0.15) is 0 Å². The molecule has 0 aliphatic carbocycles. The van der Waals surface area contributed by atoms with Crippen LogP contribution in [0.4, 0.5) is 8.78 Å². The third-order valence-electron chi connectivity index (χ3n) is 7.30. The number of nitrogens with two attached hydrogens (primary N) is 1. The molecule has 0 bridgehead atoms. The number of para-hydroxylation sites is 1. The molecule has 276 valence electrons. The Hall–Kier alpha value is -5.70. The van der Waals surface area contributed by atoms with Crippen molar-refractivity contribution in [2.45, 2.75) is 0 Å². The monoisotopic (exact) mass is 860 g/mol. The van der Waals surface area contributed by atoms with Crippen LogP contribution in [0, 0.1) is 11.6 Å². The average molecular weight is 863 g/mol. The molecule has 0 aliphatic rings. The van der Waals surface area contributed by atoms with Gasteiger partial charge in [-0.1, -0.05) is 58.4 Å². The van der Waals surface area contributed by atoms with Crippen molar-refractivity contribution in [2.24, 2.45) is 5.73 Å². The largest absolute Gasteiger partial charge is 0.490 e. The second-order valence-corrected chi connectivity index (χ2v) is 12.8. The molecule has 6 aromatic rings. The molecule has 3 N–H and O–H groups in total. The lowest BCUT2D eigenvalue weighted by molar-refractivity contribution is 0.0196. The van der Waals surface area contributed by atoms with E-state index >= 15 is 0 Å². The molecular formula is C40H32Br2F2N4O6. The molecule has 0 saturated heterocycles. The fourth-order valence-corrected chi connectivity index (χ4v) is 5.56. The van der Waals surface area contributed by atoms with Gasteiger partial charge in [0, 0.05) is 22.4 Å². The number of ether oxygens (including phenoxy) is 3. The van der Waals surface area contributed by atoms with Crippen LogP contribution in [-0.2, 0) is 4.84 Å². The van der Waals surface area contributed by atoms with Gasteiger partial charge in [-0.25, -0.2) is 19.2 Å². The van der Waals surface area contributed by atoms with Gasteiger partial charge >= 0.3 is 0 Å². The molecule has 6 rings (SSSR count). The number of hydrogen-bond donors (Lipinski definition) is 2. The van der Waals surface area contributed by atoms with Crippen molar-refractivity contribution < 1.29 is 37.4 Å². The van der Waals surface area contributed by atoms with Crippen molar-refractivity contribution in [2.75, 3.05) is 26.4 Å². The number of nitrogens with zero attached hydrogens (tertiary/aromatic N) is 2. The minimum absolute atomic E-state index is 0.0132. The second kappa shape index (κ2) is 19.9. The van der Waals surface area contributed by atoms with Crippen LogP contribution in [0.1, 0.15) is 21.0 Å². The Kier molecular flexibility index (Phi) is 14.6. The Labute approximate surface area is 326 Å². The van der Waals surface area contributed by atoms with Crippen LogP contribution < -0.4 is 25.4 Å². The lowest BCUT2D eigenvalue weighted by Crippen LogP contribution is -2.26. The first-order valence-corrected chi connectivity index (χ1v) is 17.8. The minimum Gasteiger partial charge on any atom is -0.490 e. The number of carbonyl (C=O) groups excluding carboxylic acids is 2. The number of pyridine rings is 2. The molecule has 2 heterocycles. The normalized spacial score (nSPS) is 10.4. The highest BCUT2D eigenvalue weighted by Gasteiger charge is 2.17. The number of hydroxylamine groups is 1. The first-order chi connectivity index (χ1) is 26.2. The first-order valence-electron chi connectivity index (χ1n) is 16.3. The van der Waals surface area contributed by atoms with E-state index < -0.39 is 11.8 Å². The van der Waals surface area contributed by atoms with Gasteiger partial charge in [0.1, 0.15) is 55.3 Å². The number of aromatic nitrogens is 2. The van der Waals surface area contributed by atoms with E-state index in [1.165, 1.54) is 36.7 Å². The molecule has 10 nitrogen and oxygen atoms in total. The van der Waals surface area contributed by atoms with E-state index in [0.29, 0.717) is 22.6 Å². The number of amides is 2. The molecule has 2 amide bonds. The van der Waals surface area contributed by atoms with Crippen LogP contribution in [-0.4, -0.2) is 48.2 Å². The summed E-state index contributed by atoms with van der Waals surface area (Å²) in [7, 11) is 0. The Morgan fingerprint density at radius 2 is 1.33 bits per heavy atom. The van der Waals surface area contributed by atoms with Crippen LogP contribution in [0.2, 0.25) is 0 Å². The van der Waals surface area contributed by atoms with Crippen molar-refractivity contribution in [1.82, 2.24) is 15.4 Å². The number of rotatable bonds is 14. The van der Waals surface area contributed by atoms with Gasteiger partial charge in [0.2, 0.25) is 0 Å². The molecule has 0 aliphatic heterocycles. The van der Waals surface area contributed by atoms with E-state index in [0.717, 1.165) is 20.1 Å². The van der Waals surface area contributed by atoms with Crippen LogP contribution in [0.25, 0.3) is 22.3 Å². The lowest BCUT2D eigenvalue weighted by atomic mass is 10.0. The highest BCUT2D eigenvalue weighted by Crippen LogP contribution is 2.32. The summed E-state index contributed by atoms with van der Waals surface area (Å²) in [5, 5.41) is 0. The summed E-state index contributed by atoms with van der Waals surface area (Å²) in [6.45, 7) is 0.871. The number of nitrogens with one attached hydrogen (secondary N) is 1. The molecular weight excluding hydrogens is 830 g/mol. The smallest absolute Gasteiger partial charge is 0.293 e. The molecule has 0 radical (unpaired) electrons. The van der Waals surface area contributed by atoms with Crippen molar-refractivity contribution >= 4 is 43.7 Å². The first kappa shape index (κ1) is 39.5. The van der Waals surface area contributed by atoms with Crippen molar-refractivity contribution in [3.05, 3.63) is 160 Å². The third kappa shape index (κ3) is 11.7. The Morgan fingerprint density at radius 3 is 2.04 bits per heavy atom. The van der Waals surface area contributed by atoms with E-state index in [2.05, 4.69) is 47.3 Å². The lowest BCUT2D eigenvalue weighted by Gasteiger charge is -2.14. The van der Waals surface area contributed by atoms with Crippen molar-refractivity contribution in [3.63, 3.8) is 0 Å². The zero-order valence-electron chi connectivity index (χ0n) is 28.4. The topological polar surface area (TPSA) is 135 Å². The summed E-state index contributed by atoms with van der Waals surface area (Å²) in [5.41, 5.74) is 10.8. The summed E-state index contributed by atoms with van der Waals surface area (Å²) < 4.78 is 44.9. The summed E-state index contributed by atoms with van der Waals surface area (Å²) in [6, 6.07) is 31.8. The minimum atomic E-state index is -0.707. The number of carbonyl (C=O) groups is 2. The zero-order chi connectivity index (χ0) is 38.3.